The molecule has 1 atom stereocenters. The molecule has 0 aliphatic carbocycles. The number of nitrogens with one attached hydrogen (secondary N) is 1. The first-order valence-corrected chi connectivity index (χ1v) is 4.82. The Kier molecular flexibility index (Phi) is 2.75. The van der Waals surface area contributed by atoms with E-state index in [-0.39, 0.29) is 5.02 Å². The number of H-pyrrole nitrogens is 1. The van der Waals surface area contributed by atoms with Crippen molar-refractivity contribution >= 4 is 11.6 Å². The lowest BCUT2D eigenvalue weighted by atomic mass is 10.0. The second kappa shape index (κ2) is 4.04. The number of aromatic amines is 1. The maximum atomic E-state index is 12.8. The first-order valence-electron chi connectivity index (χ1n) is 4.44. The minimum Gasteiger partial charge on any atom is -0.384 e. The average molecular weight is 226 g/mol. The van der Waals surface area contributed by atoms with Crippen molar-refractivity contribution in [1.82, 2.24) is 4.98 Å². The molecule has 2 N–H and O–H groups in total. The highest BCUT2D eigenvalue weighted by atomic mass is 35.5. The zero-order chi connectivity index (χ0) is 10.8. The van der Waals surface area contributed by atoms with Crippen LogP contribution in [0.15, 0.2) is 36.7 Å². The fourth-order valence-corrected chi connectivity index (χ4v) is 1.68. The molecule has 0 aliphatic heterocycles. The Morgan fingerprint density at radius 2 is 2.13 bits per heavy atom. The summed E-state index contributed by atoms with van der Waals surface area (Å²) < 4.78 is 12.8. The molecule has 0 radical (unpaired) electrons. The number of aliphatic hydroxyl groups excluding tert-OH is 1. The maximum Gasteiger partial charge on any atom is 0.124 e. The summed E-state index contributed by atoms with van der Waals surface area (Å²) in [5, 5.41) is 10.2. The predicted octanol–water partition coefficient (Wildman–Crippen LogP) is 2.89. The van der Waals surface area contributed by atoms with Gasteiger partial charge in [-0.15, -0.1) is 0 Å². The van der Waals surface area contributed by atoms with Crippen LogP contribution in [0.5, 0.6) is 0 Å². The molecule has 0 amide bonds. The van der Waals surface area contributed by atoms with Crippen LogP contribution in [0.3, 0.4) is 0 Å². The molecule has 0 fully saturated rings. The lowest BCUT2D eigenvalue weighted by molar-refractivity contribution is 0.220. The number of rotatable bonds is 2. The monoisotopic (exact) mass is 225 g/mol. The summed E-state index contributed by atoms with van der Waals surface area (Å²) in [5.41, 5.74) is 1.20. The van der Waals surface area contributed by atoms with Gasteiger partial charge >= 0.3 is 0 Å². The minimum absolute atomic E-state index is 0.226. The highest BCUT2D eigenvalue weighted by Crippen LogP contribution is 2.28. The first kappa shape index (κ1) is 10.2. The van der Waals surface area contributed by atoms with Crippen LogP contribution in [0, 0.1) is 5.82 Å². The summed E-state index contributed by atoms with van der Waals surface area (Å²) in [6.45, 7) is 0. The second-order valence-corrected chi connectivity index (χ2v) is 3.62. The van der Waals surface area contributed by atoms with E-state index in [2.05, 4.69) is 4.98 Å². The molecule has 0 saturated carbocycles. The Morgan fingerprint density at radius 1 is 1.33 bits per heavy atom. The zero-order valence-electron chi connectivity index (χ0n) is 7.74. The highest BCUT2D eigenvalue weighted by molar-refractivity contribution is 6.31. The molecule has 1 aromatic carbocycles. The molecule has 1 unspecified atom stereocenters. The quantitative estimate of drug-likeness (QED) is 0.810. The van der Waals surface area contributed by atoms with Crippen LogP contribution in [-0.2, 0) is 0 Å². The first-order chi connectivity index (χ1) is 7.18. The molecule has 0 bridgehead atoms. The molecule has 78 valence electrons. The Morgan fingerprint density at radius 3 is 2.73 bits per heavy atom. The number of hydrogen-bond donors (Lipinski definition) is 2. The molecule has 15 heavy (non-hydrogen) atoms. The van der Waals surface area contributed by atoms with Crippen LogP contribution in [0.2, 0.25) is 5.02 Å². The van der Waals surface area contributed by atoms with Gasteiger partial charge in [0.05, 0.1) is 0 Å². The minimum atomic E-state index is -0.829. The Labute approximate surface area is 91.3 Å². The lowest BCUT2D eigenvalue weighted by Gasteiger charge is -2.10. The summed E-state index contributed by atoms with van der Waals surface area (Å²) in [4.78, 5) is 2.83. The molecule has 4 heteroatoms. The Hall–Kier alpha value is -1.32. The SMILES string of the molecule is OC(c1cc[nH]c1)c1ccc(F)cc1Cl. The molecule has 0 spiro atoms. The summed E-state index contributed by atoms with van der Waals surface area (Å²) in [6.07, 6.45) is 2.55. The van der Waals surface area contributed by atoms with Gasteiger partial charge in [0, 0.05) is 28.5 Å². The fourth-order valence-electron chi connectivity index (χ4n) is 1.41. The normalized spacial score (nSPS) is 12.7. The third kappa shape index (κ3) is 2.03. The van der Waals surface area contributed by atoms with Crippen LogP contribution in [0.1, 0.15) is 17.2 Å². The van der Waals surface area contributed by atoms with Gasteiger partial charge < -0.3 is 10.1 Å². The van der Waals surface area contributed by atoms with E-state index in [0.717, 1.165) is 0 Å². The molecule has 0 aliphatic rings. The third-order valence-electron chi connectivity index (χ3n) is 2.19. The summed E-state index contributed by atoms with van der Waals surface area (Å²) in [6, 6.07) is 5.68. The number of aliphatic hydroxyl groups is 1. The van der Waals surface area contributed by atoms with E-state index in [1.165, 1.54) is 18.2 Å². The van der Waals surface area contributed by atoms with Crippen molar-refractivity contribution in [2.75, 3.05) is 0 Å². The van der Waals surface area contributed by atoms with Crippen LogP contribution in [-0.4, -0.2) is 10.1 Å². The summed E-state index contributed by atoms with van der Waals surface area (Å²) >= 11 is 5.83. The van der Waals surface area contributed by atoms with E-state index in [4.69, 9.17) is 11.6 Å². The molecule has 1 heterocycles. The molecule has 0 saturated heterocycles. The standard InChI is InChI=1S/C11H9ClFNO/c12-10-5-8(13)1-2-9(10)11(15)7-3-4-14-6-7/h1-6,11,14-15H. The van der Waals surface area contributed by atoms with Gasteiger partial charge in [-0.3, -0.25) is 0 Å². The maximum absolute atomic E-state index is 12.8. The number of benzene rings is 1. The van der Waals surface area contributed by atoms with Crippen LogP contribution >= 0.6 is 11.6 Å². The number of hydrogen-bond acceptors (Lipinski definition) is 1. The van der Waals surface area contributed by atoms with Crippen molar-refractivity contribution in [3.8, 4) is 0 Å². The van der Waals surface area contributed by atoms with Gasteiger partial charge in [0.2, 0.25) is 0 Å². The van der Waals surface area contributed by atoms with E-state index in [1.807, 2.05) is 0 Å². The van der Waals surface area contributed by atoms with Crippen molar-refractivity contribution in [2.45, 2.75) is 6.10 Å². The molecular formula is C11H9ClFNO. The van der Waals surface area contributed by atoms with Crippen LogP contribution < -0.4 is 0 Å². The largest absolute Gasteiger partial charge is 0.384 e. The molecule has 2 nitrogen and oxygen atoms in total. The second-order valence-electron chi connectivity index (χ2n) is 3.21. The average Bonchev–Trinajstić information content (AvgIpc) is 2.69. The highest BCUT2D eigenvalue weighted by Gasteiger charge is 2.14. The van der Waals surface area contributed by atoms with E-state index in [1.54, 1.807) is 18.5 Å². The Balaban J connectivity index is 2.38. The number of halogens is 2. The van der Waals surface area contributed by atoms with Crippen LogP contribution in [0.25, 0.3) is 0 Å². The smallest absolute Gasteiger partial charge is 0.124 e. The van der Waals surface area contributed by atoms with E-state index in [9.17, 15) is 9.50 Å². The summed E-state index contributed by atoms with van der Waals surface area (Å²) in [7, 11) is 0. The van der Waals surface area contributed by atoms with Crippen molar-refractivity contribution in [1.29, 1.82) is 0 Å². The molecule has 2 aromatic rings. The van der Waals surface area contributed by atoms with E-state index >= 15 is 0 Å². The van der Waals surface area contributed by atoms with E-state index in [0.29, 0.717) is 11.1 Å². The van der Waals surface area contributed by atoms with Gasteiger partial charge in [0.1, 0.15) is 11.9 Å². The van der Waals surface area contributed by atoms with Gasteiger partial charge in [-0.05, 0) is 18.2 Å². The van der Waals surface area contributed by atoms with Crippen molar-refractivity contribution in [3.63, 3.8) is 0 Å². The Bertz CT molecular complexity index is 456. The zero-order valence-corrected chi connectivity index (χ0v) is 8.50. The van der Waals surface area contributed by atoms with Gasteiger partial charge in [0.15, 0.2) is 0 Å². The van der Waals surface area contributed by atoms with Gasteiger partial charge in [-0.2, -0.15) is 0 Å². The lowest BCUT2D eigenvalue weighted by Crippen LogP contribution is -1.99. The van der Waals surface area contributed by atoms with Crippen molar-refractivity contribution < 1.29 is 9.50 Å². The molecule has 2 rings (SSSR count). The topological polar surface area (TPSA) is 36.0 Å². The van der Waals surface area contributed by atoms with Crippen LogP contribution in [0.4, 0.5) is 4.39 Å². The van der Waals surface area contributed by atoms with Gasteiger partial charge in [-0.25, -0.2) is 4.39 Å². The fraction of sp³-hybridized carbons (Fsp3) is 0.0909. The summed E-state index contributed by atoms with van der Waals surface area (Å²) in [5.74, 6) is -0.412. The third-order valence-corrected chi connectivity index (χ3v) is 2.52. The predicted molar refractivity (Wildman–Crippen MR) is 56.3 cm³/mol. The van der Waals surface area contributed by atoms with Gasteiger partial charge in [-0.1, -0.05) is 17.7 Å². The van der Waals surface area contributed by atoms with Crippen molar-refractivity contribution in [3.05, 3.63) is 58.6 Å². The molecular weight excluding hydrogens is 217 g/mol. The van der Waals surface area contributed by atoms with Crippen molar-refractivity contribution in [2.24, 2.45) is 0 Å². The van der Waals surface area contributed by atoms with Gasteiger partial charge in [0.25, 0.3) is 0 Å². The molecule has 1 aromatic heterocycles. The number of aromatic nitrogens is 1. The van der Waals surface area contributed by atoms with E-state index < -0.39 is 11.9 Å².